The molecule has 0 spiro atoms. The molecule has 0 radical (unpaired) electrons. The SMILES string of the molecule is Cc1ccc(C=CCNC(=O)OC(C)(C)C)c(C)c1. The van der Waals surface area contributed by atoms with Crippen molar-refractivity contribution >= 4 is 12.2 Å². The molecule has 1 aromatic carbocycles. The van der Waals surface area contributed by atoms with Gasteiger partial charge in [-0.1, -0.05) is 35.9 Å². The second-order valence-electron chi connectivity index (χ2n) is 5.65. The summed E-state index contributed by atoms with van der Waals surface area (Å²) >= 11 is 0. The van der Waals surface area contributed by atoms with Crippen LogP contribution in [0.3, 0.4) is 0 Å². The van der Waals surface area contributed by atoms with E-state index >= 15 is 0 Å². The number of benzene rings is 1. The maximum Gasteiger partial charge on any atom is 0.407 e. The number of amides is 1. The van der Waals surface area contributed by atoms with E-state index in [-0.39, 0.29) is 0 Å². The molecule has 1 rings (SSSR count). The normalized spacial score (nSPS) is 11.6. The highest BCUT2D eigenvalue weighted by atomic mass is 16.6. The van der Waals surface area contributed by atoms with Crippen LogP contribution in [0.25, 0.3) is 6.08 Å². The first kappa shape index (κ1) is 15.3. The molecule has 0 aliphatic rings. The zero-order chi connectivity index (χ0) is 14.5. The number of hydrogen-bond donors (Lipinski definition) is 1. The van der Waals surface area contributed by atoms with Gasteiger partial charge >= 0.3 is 6.09 Å². The summed E-state index contributed by atoms with van der Waals surface area (Å²) < 4.78 is 5.15. The van der Waals surface area contributed by atoms with Gasteiger partial charge in [-0.25, -0.2) is 4.79 Å². The molecule has 104 valence electrons. The molecule has 0 bridgehead atoms. The Hall–Kier alpha value is -1.77. The van der Waals surface area contributed by atoms with E-state index in [4.69, 9.17) is 4.74 Å². The third-order valence-electron chi connectivity index (χ3n) is 2.49. The van der Waals surface area contributed by atoms with E-state index in [2.05, 4.69) is 37.4 Å². The van der Waals surface area contributed by atoms with Crippen molar-refractivity contribution in [2.75, 3.05) is 6.54 Å². The van der Waals surface area contributed by atoms with E-state index in [1.54, 1.807) is 0 Å². The predicted octanol–water partition coefficient (Wildman–Crippen LogP) is 3.84. The van der Waals surface area contributed by atoms with Crippen LogP contribution in [-0.4, -0.2) is 18.2 Å². The van der Waals surface area contributed by atoms with Gasteiger partial charge in [0, 0.05) is 6.54 Å². The van der Waals surface area contributed by atoms with Gasteiger partial charge < -0.3 is 10.1 Å². The zero-order valence-electron chi connectivity index (χ0n) is 12.4. The van der Waals surface area contributed by atoms with Crippen molar-refractivity contribution in [2.24, 2.45) is 0 Å². The Morgan fingerprint density at radius 3 is 2.58 bits per heavy atom. The standard InChI is InChI=1S/C16H23NO2/c1-12-8-9-14(13(2)11-12)7-6-10-17-15(18)19-16(3,4)5/h6-9,11H,10H2,1-5H3,(H,17,18). The number of rotatable bonds is 3. The zero-order valence-corrected chi connectivity index (χ0v) is 12.4. The van der Waals surface area contributed by atoms with Crippen LogP contribution in [0.5, 0.6) is 0 Å². The van der Waals surface area contributed by atoms with E-state index < -0.39 is 11.7 Å². The lowest BCUT2D eigenvalue weighted by atomic mass is 10.1. The van der Waals surface area contributed by atoms with Crippen LogP contribution in [0, 0.1) is 13.8 Å². The monoisotopic (exact) mass is 261 g/mol. The minimum Gasteiger partial charge on any atom is -0.444 e. The lowest BCUT2D eigenvalue weighted by Gasteiger charge is -2.19. The summed E-state index contributed by atoms with van der Waals surface area (Å²) in [5, 5.41) is 2.69. The first-order valence-corrected chi connectivity index (χ1v) is 6.48. The van der Waals surface area contributed by atoms with Gasteiger partial charge in [0.1, 0.15) is 5.60 Å². The summed E-state index contributed by atoms with van der Waals surface area (Å²) in [5.41, 5.74) is 3.19. The maximum atomic E-state index is 11.4. The topological polar surface area (TPSA) is 38.3 Å². The minimum atomic E-state index is -0.457. The van der Waals surface area contributed by atoms with Crippen LogP contribution in [0.4, 0.5) is 4.79 Å². The molecule has 1 N–H and O–H groups in total. The molecular weight excluding hydrogens is 238 g/mol. The Morgan fingerprint density at radius 1 is 1.32 bits per heavy atom. The highest BCUT2D eigenvalue weighted by Crippen LogP contribution is 2.11. The molecule has 0 unspecified atom stereocenters. The quantitative estimate of drug-likeness (QED) is 0.897. The van der Waals surface area contributed by atoms with E-state index in [1.807, 2.05) is 32.9 Å². The van der Waals surface area contributed by atoms with Crippen molar-refractivity contribution in [1.29, 1.82) is 0 Å². The fraction of sp³-hybridized carbons (Fsp3) is 0.438. The molecule has 0 atom stereocenters. The second kappa shape index (κ2) is 6.41. The van der Waals surface area contributed by atoms with Gasteiger partial charge in [-0.15, -0.1) is 0 Å². The molecule has 0 saturated carbocycles. The molecule has 19 heavy (non-hydrogen) atoms. The Bertz CT molecular complexity index is 470. The van der Waals surface area contributed by atoms with Crippen molar-refractivity contribution in [3.8, 4) is 0 Å². The smallest absolute Gasteiger partial charge is 0.407 e. The average molecular weight is 261 g/mol. The van der Waals surface area contributed by atoms with E-state index in [0.29, 0.717) is 6.54 Å². The molecule has 0 saturated heterocycles. The summed E-state index contributed by atoms with van der Waals surface area (Å²) in [6, 6.07) is 6.30. The third-order valence-corrected chi connectivity index (χ3v) is 2.49. The summed E-state index contributed by atoms with van der Waals surface area (Å²) in [4.78, 5) is 11.4. The lowest BCUT2D eigenvalue weighted by Crippen LogP contribution is -2.32. The minimum absolute atomic E-state index is 0.391. The first-order chi connectivity index (χ1) is 8.78. The van der Waals surface area contributed by atoms with E-state index in [9.17, 15) is 4.79 Å². The van der Waals surface area contributed by atoms with Gasteiger partial charge in [0.25, 0.3) is 0 Å². The van der Waals surface area contributed by atoms with Gasteiger partial charge in [-0.2, -0.15) is 0 Å². The number of ether oxygens (including phenoxy) is 1. The maximum absolute atomic E-state index is 11.4. The third kappa shape index (κ3) is 6.09. The molecule has 0 aliphatic heterocycles. The number of nitrogens with one attached hydrogen (secondary N) is 1. The van der Waals surface area contributed by atoms with Crippen molar-refractivity contribution in [3.63, 3.8) is 0 Å². The Labute approximate surface area is 115 Å². The average Bonchev–Trinajstić information content (AvgIpc) is 2.24. The summed E-state index contributed by atoms with van der Waals surface area (Å²) in [5.74, 6) is 0. The van der Waals surface area contributed by atoms with E-state index in [0.717, 1.165) is 5.56 Å². The Balaban J connectivity index is 2.44. The van der Waals surface area contributed by atoms with Gasteiger partial charge in [0.2, 0.25) is 0 Å². The fourth-order valence-corrected chi connectivity index (χ4v) is 1.65. The number of aryl methyl sites for hydroxylation is 2. The Kier molecular flexibility index (Phi) is 5.16. The predicted molar refractivity (Wildman–Crippen MR) is 79.2 cm³/mol. The van der Waals surface area contributed by atoms with Crippen molar-refractivity contribution < 1.29 is 9.53 Å². The van der Waals surface area contributed by atoms with Gasteiger partial charge in [-0.05, 0) is 45.7 Å². The van der Waals surface area contributed by atoms with Crippen LogP contribution in [0.15, 0.2) is 24.3 Å². The molecule has 0 fully saturated rings. The van der Waals surface area contributed by atoms with Gasteiger partial charge in [0.15, 0.2) is 0 Å². The van der Waals surface area contributed by atoms with Crippen LogP contribution in [0.1, 0.15) is 37.5 Å². The van der Waals surface area contributed by atoms with Crippen LogP contribution in [0.2, 0.25) is 0 Å². The van der Waals surface area contributed by atoms with E-state index in [1.165, 1.54) is 11.1 Å². The molecule has 3 nitrogen and oxygen atoms in total. The highest BCUT2D eigenvalue weighted by Gasteiger charge is 2.14. The van der Waals surface area contributed by atoms with Crippen LogP contribution < -0.4 is 5.32 Å². The molecular formula is C16H23NO2. The number of alkyl carbamates (subject to hydrolysis) is 1. The summed E-state index contributed by atoms with van der Waals surface area (Å²) in [7, 11) is 0. The Morgan fingerprint density at radius 2 is 2.00 bits per heavy atom. The molecule has 3 heteroatoms. The van der Waals surface area contributed by atoms with Gasteiger partial charge in [0.05, 0.1) is 0 Å². The molecule has 0 aromatic heterocycles. The van der Waals surface area contributed by atoms with Crippen LogP contribution in [-0.2, 0) is 4.74 Å². The fourth-order valence-electron chi connectivity index (χ4n) is 1.65. The molecule has 0 aliphatic carbocycles. The number of carbonyl (C=O) groups excluding carboxylic acids is 1. The lowest BCUT2D eigenvalue weighted by molar-refractivity contribution is 0.0534. The summed E-state index contributed by atoms with van der Waals surface area (Å²) in [6.45, 7) is 10.1. The molecule has 0 heterocycles. The van der Waals surface area contributed by atoms with Crippen molar-refractivity contribution in [3.05, 3.63) is 41.0 Å². The molecule has 1 aromatic rings. The highest BCUT2D eigenvalue weighted by molar-refractivity contribution is 5.68. The van der Waals surface area contributed by atoms with Crippen LogP contribution >= 0.6 is 0 Å². The summed E-state index contributed by atoms with van der Waals surface area (Å²) in [6.07, 6.45) is 3.53. The second-order valence-corrected chi connectivity index (χ2v) is 5.65. The van der Waals surface area contributed by atoms with Gasteiger partial charge in [-0.3, -0.25) is 0 Å². The molecule has 1 amide bonds. The number of carbonyl (C=O) groups is 1. The van der Waals surface area contributed by atoms with Crippen molar-refractivity contribution in [2.45, 2.75) is 40.2 Å². The first-order valence-electron chi connectivity index (χ1n) is 6.48. The largest absolute Gasteiger partial charge is 0.444 e. The van der Waals surface area contributed by atoms with Crippen molar-refractivity contribution in [1.82, 2.24) is 5.32 Å². The number of hydrogen-bond acceptors (Lipinski definition) is 2.